The fourth-order valence-corrected chi connectivity index (χ4v) is 3.60. The molecule has 0 aromatic rings. The standard InChI is InChI=1S/C15H29N/c1-3-10-16-15(11-13-7-5-8-13)14-9-4-6-12(14)2/h12-16H,3-11H2,1-2H3. The highest BCUT2D eigenvalue weighted by Crippen LogP contribution is 2.39. The van der Waals surface area contributed by atoms with Gasteiger partial charge < -0.3 is 5.32 Å². The molecule has 94 valence electrons. The smallest absolute Gasteiger partial charge is 0.0100 e. The lowest BCUT2D eigenvalue weighted by atomic mass is 9.76. The Hall–Kier alpha value is -0.0400. The lowest BCUT2D eigenvalue weighted by Gasteiger charge is -2.35. The summed E-state index contributed by atoms with van der Waals surface area (Å²) in [7, 11) is 0. The second-order valence-corrected chi connectivity index (χ2v) is 6.17. The van der Waals surface area contributed by atoms with E-state index in [1.807, 2.05) is 0 Å². The molecule has 1 heteroatoms. The SMILES string of the molecule is CCCNC(CC1CCC1)C1CCCC1C. The van der Waals surface area contributed by atoms with E-state index in [2.05, 4.69) is 19.2 Å². The van der Waals surface area contributed by atoms with Crippen LogP contribution in [0.4, 0.5) is 0 Å². The summed E-state index contributed by atoms with van der Waals surface area (Å²) in [6.07, 6.45) is 11.7. The molecule has 0 heterocycles. The summed E-state index contributed by atoms with van der Waals surface area (Å²) in [5, 5.41) is 3.84. The van der Waals surface area contributed by atoms with E-state index in [9.17, 15) is 0 Å². The molecule has 0 spiro atoms. The van der Waals surface area contributed by atoms with Crippen molar-refractivity contribution < 1.29 is 0 Å². The fraction of sp³-hybridized carbons (Fsp3) is 1.00. The van der Waals surface area contributed by atoms with Gasteiger partial charge >= 0.3 is 0 Å². The second-order valence-electron chi connectivity index (χ2n) is 6.17. The maximum Gasteiger partial charge on any atom is 0.0100 e. The Balaban J connectivity index is 1.84. The van der Waals surface area contributed by atoms with E-state index < -0.39 is 0 Å². The highest BCUT2D eigenvalue weighted by atomic mass is 14.9. The van der Waals surface area contributed by atoms with E-state index in [0.717, 1.165) is 23.8 Å². The third kappa shape index (κ3) is 3.00. The lowest BCUT2D eigenvalue weighted by Crippen LogP contribution is -2.40. The number of nitrogens with one attached hydrogen (secondary N) is 1. The molecule has 0 amide bonds. The molecule has 2 aliphatic carbocycles. The second kappa shape index (κ2) is 6.05. The molecule has 1 N–H and O–H groups in total. The quantitative estimate of drug-likeness (QED) is 0.718. The maximum absolute atomic E-state index is 3.84. The van der Waals surface area contributed by atoms with Crippen molar-refractivity contribution in [3.05, 3.63) is 0 Å². The summed E-state index contributed by atoms with van der Waals surface area (Å²) in [6.45, 7) is 5.98. The van der Waals surface area contributed by atoms with Crippen molar-refractivity contribution in [2.24, 2.45) is 17.8 Å². The molecule has 3 atom stereocenters. The predicted octanol–water partition coefficient (Wildman–Crippen LogP) is 3.98. The molecule has 2 aliphatic rings. The van der Waals surface area contributed by atoms with Gasteiger partial charge in [-0.05, 0) is 43.6 Å². The maximum atomic E-state index is 3.84. The minimum absolute atomic E-state index is 0.836. The van der Waals surface area contributed by atoms with Crippen LogP contribution < -0.4 is 5.32 Å². The van der Waals surface area contributed by atoms with E-state index in [4.69, 9.17) is 0 Å². The Kier molecular flexibility index (Phi) is 4.69. The van der Waals surface area contributed by atoms with Crippen molar-refractivity contribution in [2.75, 3.05) is 6.54 Å². The Morgan fingerprint density at radius 1 is 1.12 bits per heavy atom. The van der Waals surface area contributed by atoms with Crippen LogP contribution in [-0.2, 0) is 0 Å². The topological polar surface area (TPSA) is 12.0 Å². The van der Waals surface area contributed by atoms with Crippen LogP contribution in [0.3, 0.4) is 0 Å². The molecule has 0 aliphatic heterocycles. The molecule has 0 saturated heterocycles. The predicted molar refractivity (Wildman–Crippen MR) is 70.5 cm³/mol. The summed E-state index contributed by atoms with van der Waals surface area (Å²) >= 11 is 0. The van der Waals surface area contributed by atoms with Gasteiger partial charge in [-0.15, -0.1) is 0 Å². The highest BCUT2D eigenvalue weighted by molar-refractivity contribution is 4.87. The third-order valence-electron chi connectivity index (χ3n) is 4.91. The van der Waals surface area contributed by atoms with E-state index in [0.29, 0.717) is 0 Å². The average Bonchev–Trinajstić information content (AvgIpc) is 2.62. The zero-order chi connectivity index (χ0) is 11.4. The molecule has 2 fully saturated rings. The Bertz CT molecular complexity index is 198. The van der Waals surface area contributed by atoms with Crippen molar-refractivity contribution in [1.29, 1.82) is 0 Å². The molecule has 0 aromatic carbocycles. The van der Waals surface area contributed by atoms with Crippen LogP contribution in [0, 0.1) is 17.8 Å². The normalized spacial score (nSPS) is 32.6. The molecule has 0 radical (unpaired) electrons. The zero-order valence-electron chi connectivity index (χ0n) is 11.2. The van der Waals surface area contributed by atoms with Gasteiger partial charge in [0.15, 0.2) is 0 Å². The first kappa shape index (κ1) is 12.4. The number of rotatable bonds is 6. The Morgan fingerprint density at radius 2 is 1.88 bits per heavy atom. The average molecular weight is 223 g/mol. The van der Waals surface area contributed by atoms with Gasteiger partial charge in [0, 0.05) is 6.04 Å². The zero-order valence-corrected chi connectivity index (χ0v) is 11.2. The van der Waals surface area contributed by atoms with Crippen molar-refractivity contribution in [3.8, 4) is 0 Å². The van der Waals surface area contributed by atoms with Crippen molar-refractivity contribution in [1.82, 2.24) is 5.32 Å². The van der Waals surface area contributed by atoms with Crippen LogP contribution in [0.15, 0.2) is 0 Å². The van der Waals surface area contributed by atoms with Gasteiger partial charge in [-0.3, -0.25) is 0 Å². The first-order valence-electron chi connectivity index (χ1n) is 7.54. The van der Waals surface area contributed by atoms with Gasteiger partial charge in [-0.25, -0.2) is 0 Å². The Labute approximate surface area is 101 Å². The minimum Gasteiger partial charge on any atom is -0.314 e. The van der Waals surface area contributed by atoms with Gasteiger partial charge in [0.05, 0.1) is 0 Å². The minimum atomic E-state index is 0.836. The van der Waals surface area contributed by atoms with Crippen molar-refractivity contribution in [3.63, 3.8) is 0 Å². The number of hydrogen-bond acceptors (Lipinski definition) is 1. The van der Waals surface area contributed by atoms with Crippen LogP contribution in [0.1, 0.15) is 65.2 Å². The monoisotopic (exact) mass is 223 g/mol. The van der Waals surface area contributed by atoms with Gasteiger partial charge in [-0.2, -0.15) is 0 Å². The summed E-state index contributed by atoms with van der Waals surface area (Å²) in [5.41, 5.74) is 0. The van der Waals surface area contributed by atoms with Gasteiger partial charge in [0.2, 0.25) is 0 Å². The first-order valence-corrected chi connectivity index (χ1v) is 7.54. The van der Waals surface area contributed by atoms with E-state index in [1.54, 1.807) is 0 Å². The summed E-state index contributed by atoms with van der Waals surface area (Å²) in [6, 6.07) is 0.836. The van der Waals surface area contributed by atoms with Crippen LogP contribution in [0.2, 0.25) is 0 Å². The molecule has 1 nitrogen and oxygen atoms in total. The van der Waals surface area contributed by atoms with Crippen LogP contribution in [-0.4, -0.2) is 12.6 Å². The van der Waals surface area contributed by atoms with Gasteiger partial charge in [0.25, 0.3) is 0 Å². The summed E-state index contributed by atoms with van der Waals surface area (Å²) < 4.78 is 0. The number of hydrogen-bond donors (Lipinski definition) is 1. The Morgan fingerprint density at radius 3 is 2.38 bits per heavy atom. The lowest BCUT2D eigenvalue weighted by molar-refractivity contribution is 0.202. The first-order chi connectivity index (χ1) is 7.81. The van der Waals surface area contributed by atoms with Crippen LogP contribution in [0.25, 0.3) is 0 Å². The summed E-state index contributed by atoms with van der Waals surface area (Å²) in [4.78, 5) is 0. The summed E-state index contributed by atoms with van der Waals surface area (Å²) in [5.74, 6) is 3.00. The molecular weight excluding hydrogens is 194 g/mol. The van der Waals surface area contributed by atoms with Crippen molar-refractivity contribution >= 4 is 0 Å². The highest BCUT2D eigenvalue weighted by Gasteiger charge is 2.33. The van der Waals surface area contributed by atoms with Crippen LogP contribution >= 0.6 is 0 Å². The third-order valence-corrected chi connectivity index (χ3v) is 4.91. The van der Waals surface area contributed by atoms with Crippen LogP contribution in [0.5, 0.6) is 0 Å². The van der Waals surface area contributed by atoms with Gasteiger partial charge in [-0.1, -0.05) is 46.0 Å². The van der Waals surface area contributed by atoms with Crippen molar-refractivity contribution in [2.45, 2.75) is 71.3 Å². The molecule has 16 heavy (non-hydrogen) atoms. The molecule has 2 rings (SSSR count). The molecule has 2 saturated carbocycles. The van der Waals surface area contributed by atoms with E-state index >= 15 is 0 Å². The van der Waals surface area contributed by atoms with Gasteiger partial charge in [0.1, 0.15) is 0 Å². The molecular formula is C15H29N. The fourth-order valence-electron chi connectivity index (χ4n) is 3.60. The van der Waals surface area contributed by atoms with E-state index in [-0.39, 0.29) is 0 Å². The van der Waals surface area contributed by atoms with E-state index in [1.165, 1.54) is 57.9 Å². The molecule has 3 unspecified atom stereocenters. The largest absolute Gasteiger partial charge is 0.314 e. The molecule has 0 aromatic heterocycles. The molecule has 0 bridgehead atoms.